The van der Waals surface area contributed by atoms with Crippen LogP contribution in [-0.2, 0) is 0 Å². The number of fused-ring (bicyclic) bond motifs is 1. The smallest absolute Gasteiger partial charge is 0.212 e. The van der Waals surface area contributed by atoms with Crippen molar-refractivity contribution in [2.24, 2.45) is 0 Å². The van der Waals surface area contributed by atoms with Gasteiger partial charge in [0, 0.05) is 5.92 Å². The largest absolute Gasteiger partial charge is 0.223 e. The Morgan fingerprint density at radius 2 is 2.42 bits per heavy atom. The van der Waals surface area contributed by atoms with Gasteiger partial charge in [0.05, 0.1) is 11.9 Å². The fraction of sp³-hybridized carbons (Fsp3) is 0.500. The molecule has 0 radical (unpaired) electrons. The maximum Gasteiger partial charge on any atom is 0.212 e. The minimum atomic E-state index is 0.747. The molecule has 0 amide bonds. The Bertz CT molecular complexity index is 393. The van der Waals surface area contributed by atoms with E-state index >= 15 is 0 Å². The van der Waals surface area contributed by atoms with Gasteiger partial charge in [0.2, 0.25) is 4.96 Å². The summed E-state index contributed by atoms with van der Waals surface area (Å²) in [7, 11) is 0. The zero-order valence-electron chi connectivity index (χ0n) is 6.82. The number of aryl methyl sites for hydroxylation is 1. The molecule has 3 rings (SSSR count). The summed E-state index contributed by atoms with van der Waals surface area (Å²) in [5.74, 6) is 0.747. The van der Waals surface area contributed by atoms with Gasteiger partial charge in [-0.15, -0.1) is 0 Å². The first-order valence-electron chi connectivity index (χ1n) is 4.15. The summed E-state index contributed by atoms with van der Waals surface area (Å²) in [4.78, 5) is 5.40. The Labute approximate surface area is 74.1 Å². The molecule has 0 unspecified atom stereocenters. The molecule has 0 aliphatic heterocycles. The molecule has 0 spiro atoms. The van der Waals surface area contributed by atoms with Crippen LogP contribution in [-0.4, -0.2) is 14.6 Å². The molecular formula is C8H9N3S. The highest BCUT2D eigenvalue weighted by Gasteiger charge is 2.27. The summed E-state index contributed by atoms with van der Waals surface area (Å²) >= 11 is 1.73. The molecule has 0 atom stereocenters. The van der Waals surface area contributed by atoms with Crippen molar-refractivity contribution < 1.29 is 0 Å². The number of rotatable bonds is 1. The van der Waals surface area contributed by atoms with Gasteiger partial charge in [-0.3, -0.25) is 0 Å². The summed E-state index contributed by atoms with van der Waals surface area (Å²) < 4.78 is 1.90. The van der Waals surface area contributed by atoms with E-state index in [2.05, 4.69) is 10.1 Å². The number of aromatic nitrogens is 3. The van der Waals surface area contributed by atoms with Gasteiger partial charge in [-0.2, -0.15) is 5.10 Å². The van der Waals surface area contributed by atoms with E-state index in [1.807, 2.05) is 17.6 Å². The Morgan fingerprint density at radius 1 is 1.58 bits per heavy atom. The van der Waals surface area contributed by atoms with Gasteiger partial charge in [0.1, 0.15) is 5.01 Å². The van der Waals surface area contributed by atoms with E-state index in [4.69, 9.17) is 0 Å². The van der Waals surface area contributed by atoms with Crippen molar-refractivity contribution in [3.63, 3.8) is 0 Å². The average Bonchev–Trinajstić information content (AvgIpc) is 2.69. The van der Waals surface area contributed by atoms with Crippen molar-refractivity contribution in [3.05, 3.63) is 16.9 Å². The van der Waals surface area contributed by atoms with Gasteiger partial charge in [0.15, 0.2) is 0 Å². The van der Waals surface area contributed by atoms with Gasteiger partial charge in [0.25, 0.3) is 0 Å². The number of imidazole rings is 1. The van der Waals surface area contributed by atoms with Gasteiger partial charge >= 0.3 is 0 Å². The third-order valence-electron chi connectivity index (χ3n) is 2.11. The lowest BCUT2D eigenvalue weighted by Gasteiger charge is -1.82. The maximum atomic E-state index is 4.47. The van der Waals surface area contributed by atoms with Gasteiger partial charge in [-0.25, -0.2) is 9.50 Å². The van der Waals surface area contributed by atoms with Crippen LogP contribution in [0.2, 0.25) is 0 Å². The van der Waals surface area contributed by atoms with Crippen molar-refractivity contribution in [1.29, 1.82) is 0 Å². The Morgan fingerprint density at radius 3 is 3.08 bits per heavy atom. The molecule has 4 heteroatoms. The summed E-state index contributed by atoms with van der Waals surface area (Å²) in [5.41, 5.74) is 1.05. The molecule has 1 aliphatic rings. The second kappa shape index (κ2) is 2.07. The zero-order chi connectivity index (χ0) is 8.13. The van der Waals surface area contributed by atoms with Crippen LogP contribution < -0.4 is 0 Å². The summed E-state index contributed by atoms with van der Waals surface area (Å²) in [6, 6.07) is 0. The molecule has 2 heterocycles. The van der Waals surface area contributed by atoms with E-state index in [0.717, 1.165) is 16.6 Å². The van der Waals surface area contributed by atoms with E-state index < -0.39 is 0 Å². The molecule has 0 bridgehead atoms. The molecule has 2 aromatic heterocycles. The van der Waals surface area contributed by atoms with E-state index in [9.17, 15) is 0 Å². The van der Waals surface area contributed by atoms with Crippen molar-refractivity contribution in [2.45, 2.75) is 25.7 Å². The third kappa shape index (κ3) is 0.876. The van der Waals surface area contributed by atoms with Gasteiger partial charge in [-0.05, 0) is 19.8 Å². The van der Waals surface area contributed by atoms with Crippen molar-refractivity contribution in [3.8, 4) is 0 Å². The van der Waals surface area contributed by atoms with Crippen molar-refractivity contribution in [1.82, 2.24) is 14.6 Å². The lowest BCUT2D eigenvalue weighted by molar-refractivity contribution is 0.903. The number of hydrogen-bond donors (Lipinski definition) is 0. The Kier molecular flexibility index (Phi) is 1.14. The SMILES string of the molecule is Cc1cn2nc(C3CC3)sc2n1. The first-order chi connectivity index (χ1) is 5.83. The lowest BCUT2D eigenvalue weighted by atomic mass is 10.5. The van der Waals surface area contributed by atoms with Crippen molar-refractivity contribution in [2.75, 3.05) is 0 Å². The monoisotopic (exact) mass is 179 g/mol. The topological polar surface area (TPSA) is 30.2 Å². The second-order valence-corrected chi connectivity index (χ2v) is 4.31. The molecule has 0 aromatic carbocycles. The van der Waals surface area contributed by atoms with Crippen LogP contribution in [0.3, 0.4) is 0 Å². The minimum Gasteiger partial charge on any atom is -0.223 e. The molecule has 0 N–H and O–H groups in total. The predicted molar refractivity (Wildman–Crippen MR) is 47.6 cm³/mol. The zero-order valence-corrected chi connectivity index (χ0v) is 7.64. The highest BCUT2D eigenvalue weighted by atomic mass is 32.1. The fourth-order valence-corrected chi connectivity index (χ4v) is 2.41. The van der Waals surface area contributed by atoms with Gasteiger partial charge < -0.3 is 0 Å². The van der Waals surface area contributed by atoms with E-state index in [1.165, 1.54) is 17.8 Å². The van der Waals surface area contributed by atoms with Crippen LogP contribution in [0.5, 0.6) is 0 Å². The molecular weight excluding hydrogens is 170 g/mol. The van der Waals surface area contributed by atoms with Crippen LogP contribution in [0, 0.1) is 6.92 Å². The summed E-state index contributed by atoms with van der Waals surface area (Å²) in [5, 5.41) is 5.73. The normalized spacial score (nSPS) is 17.4. The van der Waals surface area contributed by atoms with Crippen LogP contribution >= 0.6 is 11.3 Å². The first kappa shape index (κ1) is 6.60. The van der Waals surface area contributed by atoms with E-state index in [1.54, 1.807) is 11.3 Å². The number of nitrogens with zero attached hydrogens (tertiary/aromatic N) is 3. The van der Waals surface area contributed by atoms with Crippen LogP contribution in [0.25, 0.3) is 4.96 Å². The molecule has 12 heavy (non-hydrogen) atoms. The molecule has 0 saturated heterocycles. The minimum absolute atomic E-state index is 0.747. The molecule has 1 aliphatic carbocycles. The molecule has 1 saturated carbocycles. The summed E-state index contributed by atoms with van der Waals surface area (Å²) in [6.45, 7) is 2.00. The molecule has 2 aromatic rings. The van der Waals surface area contributed by atoms with Crippen LogP contribution in [0.1, 0.15) is 29.5 Å². The molecule has 3 nitrogen and oxygen atoms in total. The number of hydrogen-bond acceptors (Lipinski definition) is 3. The quantitative estimate of drug-likeness (QED) is 0.670. The van der Waals surface area contributed by atoms with Crippen molar-refractivity contribution >= 4 is 16.3 Å². The predicted octanol–water partition coefficient (Wildman–Crippen LogP) is 1.98. The van der Waals surface area contributed by atoms with E-state index in [0.29, 0.717) is 0 Å². The van der Waals surface area contributed by atoms with Crippen LogP contribution in [0.15, 0.2) is 6.20 Å². The summed E-state index contributed by atoms with van der Waals surface area (Å²) in [6.07, 6.45) is 4.61. The fourth-order valence-electron chi connectivity index (χ4n) is 1.32. The van der Waals surface area contributed by atoms with Gasteiger partial charge in [-0.1, -0.05) is 11.3 Å². The maximum absolute atomic E-state index is 4.47. The average molecular weight is 179 g/mol. The molecule has 1 fully saturated rings. The first-order valence-corrected chi connectivity index (χ1v) is 4.97. The van der Waals surface area contributed by atoms with Crippen LogP contribution in [0.4, 0.5) is 0 Å². The standard InChI is InChI=1S/C8H9N3S/c1-5-4-11-8(9-5)12-7(10-11)6-2-3-6/h4,6H,2-3H2,1H3. The lowest BCUT2D eigenvalue weighted by Crippen LogP contribution is -1.82. The Hall–Kier alpha value is -0.900. The molecule has 62 valence electrons. The second-order valence-electron chi connectivity index (χ2n) is 3.32. The van der Waals surface area contributed by atoms with E-state index in [-0.39, 0.29) is 0 Å². The third-order valence-corrected chi connectivity index (χ3v) is 3.19. The Balaban J connectivity index is 2.18. The highest BCUT2D eigenvalue weighted by Crippen LogP contribution is 2.41. The highest BCUT2D eigenvalue weighted by molar-refractivity contribution is 7.16.